The van der Waals surface area contributed by atoms with Crippen molar-refractivity contribution in [3.63, 3.8) is 0 Å². The minimum absolute atomic E-state index is 0.0706. The molecule has 0 saturated carbocycles. The van der Waals surface area contributed by atoms with E-state index >= 15 is 0 Å². The zero-order chi connectivity index (χ0) is 14.1. The van der Waals surface area contributed by atoms with Crippen molar-refractivity contribution in [1.29, 1.82) is 0 Å². The third-order valence-electron chi connectivity index (χ3n) is 3.36. The van der Waals surface area contributed by atoms with Crippen LogP contribution in [0.5, 0.6) is 0 Å². The van der Waals surface area contributed by atoms with Crippen LogP contribution in [0.4, 0.5) is 5.00 Å². The highest BCUT2D eigenvalue weighted by Crippen LogP contribution is 2.40. The number of fused-ring (bicyclic) bond motifs is 1. The van der Waals surface area contributed by atoms with Crippen LogP contribution in [-0.2, 0) is 12.2 Å². The molecule has 0 fully saturated rings. The van der Waals surface area contributed by atoms with Crippen LogP contribution in [0, 0.1) is 0 Å². The summed E-state index contributed by atoms with van der Waals surface area (Å²) in [5.74, 6) is 2.17. The van der Waals surface area contributed by atoms with Crippen LogP contribution in [-0.4, -0.2) is 18.6 Å². The molecule has 0 unspecified atom stereocenters. The fourth-order valence-corrected chi connectivity index (χ4v) is 4.94. The zero-order valence-electron chi connectivity index (χ0n) is 11.0. The van der Waals surface area contributed by atoms with E-state index in [0.29, 0.717) is 10.6 Å². The van der Waals surface area contributed by atoms with Crippen LogP contribution in [0.3, 0.4) is 0 Å². The van der Waals surface area contributed by atoms with Crippen molar-refractivity contribution in [2.45, 2.75) is 12.2 Å². The second-order valence-electron chi connectivity index (χ2n) is 4.60. The van der Waals surface area contributed by atoms with Crippen LogP contribution < -0.4 is 5.32 Å². The molecule has 0 saturated heterocycles. The molecule has 1 aromatic carbocycles. The van der Waals surface area contributed by atoms with Crippen LogP contribution in [0.25, 0.3) is 0 Å². The Balaban J connectivity index is 2.09. The van der Waals surface area contributed by atoms with Gasteiger partial charge in [-0.3, -0.25) is 4.79 Å². The highest BCUT2D eigenvalue weighted by Gasteiger charge is 2.25. The normalized spacial score (nSPS) is 13.9. The van der Waals surface area contributed by atoms with Gasteiger partial charge >= 0.3 is 0 Å². The Labute approximate surface area is 131 Å². The predicted molar refractivity (Wildman–Crippen MR) is 88.6 cm³/mol. The van der Waals surface area contributed by atoms with Crippen molar-refractivity contribution in [1.82, 2.24) is 0 Å². The number of carbonyl (C=O) groups is 1. The Morgan fingerprint density at radius 3 is 3.00 bits per heavy atom. The monoisotopic (exact) mass is 323 g/mol. The van der Waals surface area contributed by atoms with Gasteiger partial charge in [0.15, 0.2) is 5.78 Å². The summed E-state index contributed by atoms with van der Waals surface area (Å²) in [6.07, 6.45) is 0.972. The van der Waals surface area contributed by atoms with Crippen molar-refractivity contribution >= 4 is 45.5 Å². The first-order valence-corrected chi connectivity index (χ1v) is 8.76. The molecular weight excluding hydrogens is 310 g/mol. The molecule has 2 aromatic rings. The fourth-order valence-electron chi connectivity index (χ4n) is 2.42. The maximum absolute atomic E-state index is 12.8. The summed E-state index contributed by atoms with van der Waals surface area (Å²) in [6.45, 7) is 0. The SMILES string of the molecule is CNc1sc2c(c1C(=O)c1cccc(Cl)c1)CCSC2. The number of thioether (sulfide) groups is 1. The topological polar surface area (TPSA) is 29.1 Å². The summed E-state index contributed by atoms with van der Waals surface area (Å²) in [7, 11) is 1.87. The maximum atomic E-state index is 12.8. The predicted octanol–water partition coefficient (Wildman–Crippen LogP) is 4.46. The first-order valence-electron chi connectivity index (χ1n) is 6.41. The van der Waals surface area contributed by atoms with Crippen LogP contribution in [0.2, 0.25) is 5.02 Å². The highest BCUT2D eigenvalue weighted by atomic mass is 35.5. The van der Waals surface area contributed by atoms with Gasteiger partial charge in [0.05, 0.1) is 10.6 Å². The van der Waals surface area contributed by atoms with E-state index in [1.54, 1.807) is 23.5 Å². The Morgan fingerprint density at radius 2 is 2.25 bits per heavy atom. The van der Waals surface area contributed by atoms with E-state index in [9.17, 15) is 4.79 Å². The summed E-state index contributed by atoms with van der Waals surface area (Å²) in [5, 5.41) is 4.75. The molecule has 20 heavy (non-hydrogen) atoms. The zero-order valence-corrected chi connectivity index (χ0v) is 13.4. The molecule has 0 atom stereocenters. The molecule has 0 bridgehead atoms. The summed E-state index contributed by atoms with van der Waals surface area (Å²) in [5.41, 5.74) is 2.73. The number of benzene rings is 1. The number of hydrogen-bond donors (Lipinski definition) is 1. The number of ketones is 1. The molecule has 0 spiro atoms. The van der Waals surface area contributed by atoms with Gasteiger partial charge in [0.25, 0.3) is 0 Å². The van der Waals surface area contributed by atoms with Gasteiger partial charge in [0.1, 0.15) is 0 Å². The van der Waals surface area contributed by atoms with Gasteiger partial charge in [0, 0.05) is 28.3 Å². The van der Waals surface area contributed by atoms with E-state index < -0.39 is 0 Å². The lowest BCUT2D eigenvalue weighted by Crippen LogP contribution is -2.09. The number of rotatable bonds is 3. The molecule has 104 valence electrons. The number of carbonyl (C=O) groups excluding carboxylic acids is 1. The summed E-state index contributed by atoms with van der Waals surface area (Å²) < 4.78 is 0. The Kier molecular flexibility index (Phi) is 4.06. The van der Waals surface area contributed by atoms with Crippen molar-refractivity contribution in [3.8, 4) is 0 Å². The molecule has 2 nitrogen and oxygen atoms in total. The number of halogens is 1. The van der Waals surface area contributed by atoms with Crippen LogP contribution >= 0.6 is 34.7 Å². The molecule has 2 heterocycles. The average molecular weight is 324 g/mol. The molecule has 5 heteroatoms. The van der Waals surface area contributed by atoms with E-state index in [4.69, 9.17) is 11.6 Å². The number of anilines is 1. The van der Waals surface area contributed by atoms with Crippen LogP contribution in [0.1, 0.15) is 26.4 Å². The lowest BCUT2D eigenvalue weighted by Gasteiger charge is -2.12. The molecule has 1 aliphatic heterocycles. The molecule has 1 N–H and O–H groups in total. The molecule has 0 amide bonds. The van der Waals surface area contributed by atoms with Crippen molar-refractivity contribution in [3.05, 3.63) is 50.9 Å². The smallest absolute Gasteiger partial charge is 0.196 e. The van der Waals surface area contributed by atoms with Gasteiger partial charge in [-0.15, -0.1) is 11.3 Å². The summed E-state index contributed by atoms with van der Waals surface area (Å²) in [6, 6.07) is 7.18. The van der Waals surface area contributed by atoms with Gasteiger partial charge in [0.2, 0.25) is 0 Å². The van der Waals surface area contributed by atoms with Crippen molar-refractivity contribution in [2.24, 2.45) is 0 Å². The maximum Gasteiger partial charge on any atom is 0.196 e. The van der Waals surface area contributed by atoms with Gasteiger partial charge in [-0.05, 0) is 29.9 Å². The standard InChI is InChI=1S/C15H14ClNOS2/c1-17-15-13(11-5-6-19-8-12(11)20-15)14(18)9-3-2-4-10(16)7-9/h2-4,7,17H,5-6,8H2,1H3. The van der Waals surface area contributed by atoms with Gasteiger partial charge < -0.3 is 5.32 Å². The van der Waals surface area contributed by atoms with Crippen LogP contribution in [0.15, 0.2) is 24.3 Å². The minimum atomic E-state index is 0.0706. The first kappa shape index (κ1) is 14.0. The Hall–Kier alpha value is -0.970. The second-order valence-corrected chi connectivity index (χ2v) is 7.25. The molecular formula is C15H14ClNOS2. The van der Waals surface area contributed by atoms with Crippen molar-refractivity contribution in [2.75, 3.05) is 18.1 Å². The number of hydrogen-bond acceptors (Lipinski definition) is 4. The second kappa shape index (κ2) is 5.80. The minimum Gasteiger partial charge on any atom is -0.379 e. The summed E-state index contributed by atoms with van der Waals surface area (Å²) >= 11 is 9.63. The van der Waals surface area contributed by atoms with Gasteiger partial charge in [-0.1, -0.05) is 23.7 Å². The number of nitrogens with one attached hydrogen (secondary N) is 1. The highest BCUT2D eigenvalue weighted by molar-refractivity contribution is 7.98. The van der Waals surface area contributed by atoms with E-state index in [1.807, 2.05) is 30.9 Å². The average Bonchev–Trinajstić information content (AvgIpc) is 2.85. The lowest BCUT2D eigenvalue weighted by atomic mass is 9.98. The largest absolute Gasteiger partial charge is 0.379 e. The van der Waals surface area contributed by atoms with Gasteiger partial charge in [-0.2, -0.15) is 11.8 Å². The number of thiophene rings is 1. The lowest BCUT2D eigenvalue weighted by molar-refractivity contribution is 0.103. The third-order valence-corrected chi connectivity index (χ3v) is 6.01. The third kappa shape index (κ3) is 2.48. The van der Waals surface area contributed by atoms with E-state index in [1.165, 1.54) is 10.4 Å². The molecule has 0 aliphatic carbocycles. The van der Waals surface area contributed by atoms with Gasteiger partial charge in [-0.25, -0.2) is 0 Å². The Morgan fingerprint density at radius 1 is 1.40 bits per heavy atom. The first-order chi connectivity index (χ1) is 9.70. The van der Waals surface area contributed by atoms with Crippen molar-refractivity contribution < 1.29 is 4.79 Å². The molecule has 1 aliphatic rings. The van der Waals surface area contributed by atoms with E-state index in [2.05, 4.69) is 5.32 Å². The molecule has 3 rings (SSSR count). The molecule has 0 radical (unpaired) electrons. The Bertz CT molecular complexity index is 666. The fraction of sp³-hybridized carbons (Fsp3) is 0.267. The summed E-state index contributed by atoms with van der Waals surface area (Å²) in [4.78, 5) is 14.1. The van der Waals surface area contributed by atoms with E-state index in [-0.39, 0.29) is 5.78 Å². The van der Waals surface area contributed by atoms with E-state index in [0.717, 1.165) is 28.5 Å². The quantitative estimate of drug-likeness (QED) is 0.845. The molecule has 1 aromatic heterocycles.